The van der Waals surface area contributed by atoms with Crippen molar-refractivity contribution in [3.8, 4) is 6.07 Å². The second kappa shape index (κ2) is 7.92. The first-order valence-corrected chi connectivity index (χ1v) is 9.48. The fourth-order valence-electron chi connectivity index (χ4n) is 2.45. The van der Waals surface area contributed by atoms with E-state index in [9.17, 15) is 13.2 Å². The van der Waals surface area contributed by atoms with Gasteiger partial charge in [-0.25, -0.2) is 8.42 Å². The number of hydrogen-bond donors (Lipinski definition) is 1. The number of sulfonamides is 1. The summed E-state index contributed by atoms with van der Waals surface area (Å²) >= 11 is 0. The maximum Gasteiger partial charge on any atom is 0.239 e. The Kier molecular flexibility index (Phi) is 5.91. The third-order valence-corrected chi connectivity index (χ3v) is 5.01. The van der Waals surface area contributed by atoms with E-state index < -0.39 is 22.0 Å². The van der Waals surface area contributed by atoms with Crippen molar-refractivity contribution >= 4 is 21.6 Å². The summed E-state index contributed by atoms with van der Waals surface area (Å²) in [6, 6.07) is 17.1. The largest absolute Gasteiger partial charge is 0.325 e. The molecule has 2 aromatic carbocycles. The predicted molar refractivity (Wildman–Crippen MR) is 96.2 cm³/mol. The van der Waals surface area contributed by atoms with Gasteiger partial charge in [0.1, 0.15) is 0 Å². The van der Waals surface area contributed by atoms with Gasteiger partial charge < -0.3 is 5.32 Å². The Labute approximate surface area is 147 Å². The molecule has 130 valence electrons. The number of nitrogens with one attached hydrogen (secondary N) is 1. The van der Waals surface area contributed by atoms with Crippen LogP contribution in [0.3, 0.4) is 0 Å². The highest BCUT2D eigenvalue weighted by Gasteiger charge is 2.26. The molecule has 0 fully saturated rings. The number of carbonyl (C=O) groups excluding carboxylic acids is 1. The zero-order chi connectivity index (χ0) is 18.4. The van der Waals surface area contributed by atoms with Crippen molar-refractivity contribution in [2.24, 2.45) is 0 Å². The van der Waals surface area contributed by atoms with Crippen LogP contribution in [0.4, 0.5) is 5.69 Å². The molecule has 0 saturated carbocycles. The zero-order valence-corrected chi connectivity index (χ0v) is 14.8. The number of anilines is 1. The minimum absolute atomic E-state index is 0.314. The summed E-state index contributed by atoms with van der Waals surface area (Å²) in [5.41, 5.74) is 1.66. The van der Waals surface area contributed by atoms with Crippen molar-refractivity contribution in [2.75, 3.05) is 18.1 Å². The van der Waals surface area contributed by atoms with Crippen LogP contribution >= 0.6 is 0 Å². The number of benzene rings is 2. The van der Waals surface area contributed by atoms with Crippen molar-refractivity contribution in [3.63, 3.8) is 0 Å². The van der Waals surface area contributed by atoms with Crippen molar-refractivity contribution in [2.45, 2.75) is 13.0 Å². The lowest BCUT2D eigenvalue weighted by Gasteiger charge is -2.26. The predicted octanol–water partition coefficient (Wildman–Crippen LogP) is 2.52. The van der Waals surface area contributed by atoms with Crippen LogP contribution in [-0.2, 0) is 14.8 Å². The Hall–Kier alpha value is -2.69. The molecule has 0 saturated heterocycles. The summed E-state index contributed by atoms with van der Waals surface area (Å²) in [7, 11) is -3.59. The number of rotatable bonds is 6. The standard InChI is InChI=1S/C18H19N3O3S/c1-14(16-8-4-3-5-9-16)21(25(2,23)24)13-18(22)20-17-10-6-7-15(11-17)12-19/h3-11,14H,13H2,1-2H3,(H,20,22). The Balaban J connectivity index is 2.17. The van der Waals surface area contributed by atoms with Gasteiger partial charge in [-0.05, 0) is 30.7 Å². The molecular weight excluding hydrogens is 338 g/mol. The highest BCUT2D eigenvalue weighted by Crippen LogP contribution is 2.22. The van der Waals surface area contributed by atoms with Gasteiger partial charge in [-0.3, -0.25) is 4.79 Å². The van der Waals surface area contributed by atoms with E-state index in [1.165, 1.54) is 6.07 Å². The van der Waals surface area contributed by atoms with Gasteiger partial charge in [0.2, 0.25) is 15.9 Å². The van der Waals surface area contributed by atoms with E-state index in [-0.39, 0.29) is 6.54 Å². The summed E-state index contributed by atoms with van der Waals surface area (Å²) in [5, 5.41) is 11.5. The first-order valence-electron chi connectivity index (χ1n) is 7.63. The molecule has 1 unspecified atom stereocenters. The third kappa shape index (κ3) is 5.14. The van der Waals surface area contributed by atoms with Crippen molar-refractivity contribution in [3.05, 3.63) is 65.7 Å². The van der Waals surface area contributed by atoms with Gasteiger partial charge in [0.05, 0.1) is 24.4 Å². The molecule has 0 radical (unpaired) electrons. The Morgan fingerprint density at radius 2 is 1.88 bits per heavy atom. The van der Waals surface area contributed by atoms with E-state index in [1.807, 2.05) is 36.4 Å². The lowest BCUT2D eigenvalue weighted by Crippen LogP contribution is -2.39. The van der Waals surface area contributed by atoms with Gasteiger partial charge in [-0.1, -0.05) is 36.4 Å². The quantitative estimate of drug-likeness (QED) is 0.860. The van der Waals surface area contributed by atoms with Gasteiger partial charge in [-0.2, -0.15) is 9.57 Å². The molecule has 25 heavy (non-hydrogen) atoms. The average molecular weight is 357 g/mol. The molecule has 7 heteroatoms. The molecule has 2 aromatic rings. The smallest absolute Gasteiger partial charge is 0.239 e. The molecule has 6 nitrogen and oxygen atoms in total. The number of nitriles is 1. The third-order valence-electron chi connectivity index (χ3n) is 3.71. The first kappa shape index (κ1) is 18.6. The molecule has 0 heterocycles. The minimum Gasteiger partial charge on any atom is -0.325 e. The van der Waals surface area contributed by atoms with Crippen molar-refractivity contribution in [1.82, 2.24) is 4.31 Å². The molecule has 0 aliphatic rings. The first-order chi connectivity index (χ1) is 11.8. The van der Waals surface area contributed by atoms with Crippen LogP contribution in [0.5, 0.6) is 0 Å². The van der Waals surface area contributed by atoms with E-state index in [0.717, 1.165) is 16.1 Å². The molecular formula is C18H19N3O3S. The van der Waals surface area contributed by atoms with Crippen molar-refractivity contribution < 1.29 is 13.2 Å². The molecule has 0 spiro atoms. The van der Waals surface area contributed by atoms with Crippen LogP contribution in [0.25, 0.3) is 0 Å². The normalized spacial score (nSPS) is 12.4. The SMILES string of the molecule is CC(c1ccccc1)N(CC(=O)Nc1cccc(C#N)c1)S(C)(=O)=O. The molecule has 2 rings (SSSR count). The van der Waals surface area contributed by atoms with Crippen LogP contribution in [0, 0.1) is 11.3 Å². The maximum absolute atomic E-state index is 12.3. The van der Waals surface area contributed by atoms with E-state index in [2.05, 4.69) is 5.32 Å². The zero-order valence-electron chi connectivity index (χ0n) is 14.0. The van der Waals surface area contributed by atoms with Crippen LogP contribution in [0.2, 0.25) is 0 Å². The second-order valence-corrected chi connectivity index (χ2v) is 7.57. The van der Waals surface area contributed by atoms with Gasteiger partial charge in [0.15, 0.2) is 0 Å². The summed E-state index contributed by atoms with van der Waals surface area (Å²) in [5.74, 6) is -0.469. The van der Waals surface area contributed by atoms with Crippen LogP contribution in [0.15, 0.2) is 54.6 Å². The van der Waals surface area contributed by atoms with Gasteiger partial charge in [-0.15, -0.1) is 0 Å². The lowest BCUT2D eigenvalue weighted by atomic mass is 10.1. The van der Waals surface area contributed by atoms with Crippen LogP contribution < -0.4 is 5.32 Å². The molecule has 0 bridgehead atoms. The van der Waals surface area contributed by atoms with E-state index in [1.54, 1.807) is 25.1 Å². The number of amides is 1. The van der Waals surface area contributed by atoms with E-state index in [0.29, 0.717) is 11.3 Å². The number of hydrogen-bond acceptors (Lipinski definition) is 4. The average Bonchev–Trinajstić information content (AvgIpc) is 2.59. The molecule has 1 amide bonds. The Morgan fingerprint density at radius 1 is 1.20 bits per heavy atom. The monoisotopic (exact) mass is 357 g/mol. The molecule has 0 aromatic heterocycles. The fraction of sp³-hybridized carbons (Fsp3) is 0.222. The number of carbonyl (C=O) groups is 1. The Bertz CT molecular complexity index is 889. The number of nitrogens with zero attached hydrogens (tertiary/aromatic N) is 2. The minimum atomic E-state index is -3.59. The van der Waals surface area contributed by atoms with Crippen molar-refractivity contribution in [1.29, 1.82) is 5.26 Å². The summed E-state index contributed by atoms with van der Waals surface area (Å²) < 4.78 is 25.4. The topological polar surface area (TPSA) is 90.3 Å². The van der Waals surface area contributed by atoms with Crippen LogP contribution in [-0.4, -0.2) is 31.4 Å². The molecule has 1 N–H and O–H groups in total. The van der Waals surface area contributed by atoms with Gasteiger partial charge >= 0.3 is 0 Å². The highest BCUT2D eigenvalue weighted by molar-refractivity contribution is 7.88. The van der Waals surface area contributed by atoms with Crippen LogP contribution in [0.1, 0.15) is 24.1 Å². The summed E-state index contributed by atoms with van der Waals surface area (Å²) in [4.78, 5) is 12.3. The summed E-state index contributed by atoms with van der Waals surface area (Å²) in [6.45, 7) is 1.42. The van der Waals surface area contributed by atoms with Gasteiger partial charge in [0.25, 0.3) is 0 Å². The summed E-state index contributed by atoms with van der Waals surface area (Å²) in [6.07, 6.45) is 1.08. The molecule has 1 atom stereocenters. The fourth-order valence-corrected chi connectivity index (χ4v) is 3.50. The lowest BCUT2D eigenvalue weighted by molar-refractivity contribution is -0.116. The second-order valence-electron chi connectivity index (χ2n) is 5.64. The molecule has 0 aliphatic heterocycles. The van der Waals surface area contributed by atoms with E-state index in [4.69, 9.17) is 5.26 Å². The Morgan fingerprint density at radius 3 is 2.48 bits per heavy atom. The maximum atomic E-state index is 12.3. The van der Waals surface area contributed by atoms with Gasteiger partial charge in [0, 0.05) is 11.7 Å². The molecule has 0 aliphatic carbocycles. The van der Waals surface area contributed by atoms with E-state index >= 15 is 0 Å². The highest BCUT2D eigenvalue weighted by atomic mass is 32.2.